The third-order valence-corrected chi connectivity index (χ3v) is 11.3. The molecule has 0 radical (unpaired) electrons. The van der Waals surface area contributed by atoms with Crippen LogP contribution in [0.4, 0.5) is 5.82 Å². The van der Waals surface area contributed by atoms with Gasteiger partial charge in [-0.25, -0.2) is 4.98 Å². The minimum Gasteiger partial charge on any atom is -0.609 e. The van der Waals surface area contributed by atoms with E-state index < -0.39 is 19.5 Å². The number of hydrogen-bond donors (Lipinski definition) is 1. The Hall–Kier alpha value is -1.92. The first-order valence-electron chi connectivity index (χ1n) is 9.82. The first-order valence-corrected chi connectivity index (χ1v) is 15.1. The molecule has 3 aromatic rings. The Bertz CT molecular complexity index is 1100. The molecule has 0 amide bonds. The Morgan fingerprint density at radius 3 is 2.58 bits per heavy atom. The van der Waals surface area contributed by atoms with Gasteiger partial charge in [0.05, 0.1) is 35.3 Å². The van der Waals surface area contributed by atoms with E-state index in [0.717, 1.165) is 16.3 Å². The predicted octanol–water partition coefficient (Wildman–Crippen LogP) is 4.12. The maximum atomic E-state index is 11.7. The van der Waals surface area contributed by atoms with Gasteiger partial charge in [-0.15, -0.1) is 0 Å². The lowest BCUT2D eigenvalue weighted by molar-refractivity contribution is 0.271. The molecule has 0 saturated carbocycles. The number of nitrogens with zero attached hydrogens (tertiary/aromatic N) is 5. The van der Waals surface area contributed by atoms with Crippen molar-refractivity contribution in [2.75, 3.05) is 6.26 Å². The number of hydrogen-bond acceptors (Lipinski definition) is 8. The van der Waals surface area contributed by atoms with Crippen molar-refractivity contribution >= 4 is 36.6 Å². The zero-order chi connectivity index (χ0) is 22.8. The van der Waals surface area contributed by atoms with Gasteiger partial charge in [0.25, 0.3) is 0 Å². The van der Waals surface area contributed by atoms with Gasteiger partial charge in [0, 0.05) is 23.1 Å². The summed E-state index contributed by atoms with van der Waals surface area (Å²) in [5, 5.41) is 0.473. The zero-order valence-electron chi connectivity index (χ0n) is 18.9. The monoisotopic (exact) mass is 476 g/mol. The molecule has 0 aliphatic carbocycles. The Morgan fingerprint density at radius 2 is 1.97 bits per heavy atom. The van der Waals surface area contributed by atoms with E-state index in [1.807, 2.05) is 19.2 Å². The molecule has 0 aliphatic rings. The van der Waals surface area contributed by atoms with E-state index in [-0.39, 0.29) is 5.04 Å². The molecule has 8 nitrogen and oxygen atoms in total. The summed E-state index contributed by atoms with van der Waals surface area (Å²) in [6, 6.07) is 1.86. The second kappa shape index (κ2) is 9.29. The van der Waals surface area contributed by atoms with Crippen molar-refractivity contribution in [3.05, 3.63) is 40.8 Å². The molecule has 3 rings (SSSR count). The molecule has 1 atom stereocenters. The van der Waals surface area contributed by atoms with Gasteiger partial charge in [0.2, 0.25) is 0 Å². The lowest BCUT2D eigenvalue weighted by atomic mass is 10.2. The fourth-order valence-corrected chi connectivity index (χ4v) is 4.56. The van der Waals surface area contributed by atoms with Gasteiger partial charge >= 0.3 is 5.16 Å². The van der Waals surface area contributed by atoms with Crippen LogP contribution in [0.2, 0.25) is 18.1 Å². The summed E-state index contributed by atoms with van der Waals surface area (Å²) in [7, 11) is -1.83. The highest BCUT2D eigenvalue weighted by atomic mass is 32.2. The zero-order valence-corrected chi connectivity index (χ0v) is 21.5. The summed E-state index contributed by atoms with van der Waals surface area (Å²) in [5.41, 5.74) is 2.27. The molecule has 1 unspecified atom stereocenters. The standard InChI is InChI=1S/C20H28N6O2S2Si/c1-13-8-15(25-19(24-13)30(5)27)16-10-23-18(29-16)26-17-11-21-14(9-22-17)12-28-31(6,7)20(2,3)4/h8-11H,12H2,1-7H3,(H,22,23,26). The highest BCUT2D eigenvalue weighted by molar-refractivity contribution is 7.90. The van der Waals surface area contributed by atoms with Gasteiger partial charge in [-0.1, -0.05) is 32.1 Å². The molecule has 0 fully saturated rings. The molecule has 0 aliphatic heterocycles. The topological polar surface area (TPSA) is 112 Å². The molecule has 166 valence electrons. The second-order valence-electron chi connectivity index (χ2n) is 8.72. The van der Waals surface area contributed by atoms with Crippen LogP contribution in [-0.4, -0.2) is 44.0 Å². The minimum absolute atomic E-state index is 0.150. The van der Waals surface area contributed by atoms with Crippen LogP contribution in [0, 0.1) is 6.92 Å². The quantitative estimate of drug-likeness (QED) is 0.325. The first kappa shape index (κ1) is 23.7. The number of aromatic nitrogens is 5. The van der Waals surface area contributed by atoms with Gasteiger partial charge in [-0.3, -0.25) is 4.98 Å². The van der Waals surface area contributed by atoms with Crippen molar-refractivity contribution in [1.29, 1.82) is 0 Å². The summed E-state index contributed by atoms with van der Waals surface area (Å²) in [4.78, 5) is 26.6. The van der Waals surface area contributed by atoms with E-state index >= 15 is 0 Å². The SMILES string of the molecule is Cc1cc(-c2c[nH]/c(=N/c3cnc(CO[Si](C)(C)C(C)(C)C)cn3)s2)nc([S+](C)[O-])n1. The van der Waals surface area contributed by atoms with E-state index in [2.05, 4.69) is 63.8 Å². The van der Waals surface area contributed by atoms with Crippen LogP contribution in [0.1, 0.15) is 32.2 Å². The number of aryl methyl sites for hydroxylation is 1. The van der Waals surface area contributed by atoms with Gasteiger partial charge in [0.15, 0.2) is 18.9 Å². The van der Waals surface area contributed by atoms with Crippen molar-refractivity contribution in [3.63, 3.8) is 0 Å². The van der Waals surface area contributed by atoms with Gasteiger partial charge in [0.1, 0.15) is 6.26 Å². The number of thiazole rings is 1. The van der Waals surface area contributed by atoms with Crippen molar-refractivity contribution in [3.8, 4) is 10.6 Å². The first-order chi connectivity index (χ1) is 14.4. The van der Waals surface area contributed by atoms with Gasteiger partial charge in [-0.05, 0) is 31.1 Å². The van der Waals surface area contributed by atoms with Crippen LogP contribution in [0.25, 0.3) is 10.6 Å². The molecule has 31 heavy (non-hydrogen) atoms. The second-order valence-corrected chi connectivity index (χ2v) is 15.8. The lowest BCUT2D eigenvalue weighted by Gasteiger charge is -2.35. The van der Waals surface area contributed by atoms with Crippen molar-refractivity contribution in [2.24, 2.45) is 4.99 Å². The maximum absolute atomic E-state index is 11.7. The predicted molar refractivity (Wildman–Crippen MR) is 126 cm³/mol. The Labute approximate surface area is 190 Å². The third kappa shape index (κ3) is 6.07. The largest absolute Gasteiger partial charge is 0.609 e. The maximum Gasteiger partial charge on any atom is 0.343 e. The Morgan fingerprint density at radius 1 is 1.23 bits per heavy atom. The molecule has 3 heterocycles. The van der Waals surface area contributed by atoms with Crippen molar-refractivity contribution in [1.82, 2.24) is 24.9 Å². The van der Waals surface area contributed by atoms with Crippen LogP contribution in [0.3, 0.4) is 0 Å². The lowest BCUT2D eigenvalue weighted by Crippen LogP contribution is -2.40. The molecular weight excluding hydrogens is 448 g/mol. The molecule has 3 aromatic heterocycles. The number of rotatable bonds is 6. The van der Waals surface area contributed by atoms with Gasteiger partial charge in [-0.2, -0.15) is 15.0 Å². The van der Waals surface area contributed by atoms with E-state index in [0.29, 0.717) is 28.1 Å². The van der Waals surface area contributed by atoms with Crippen LogP contribution in [0.5, 0.6) is 0 Å². The third-order valence-electron chi connectivity index (χ3n) is 5.17. The number of nitrogens with one attached hydrogen (secondary N) is 1. The minimum atomic E-state index is -1.83. The highest BCUT2D eigenvalue weighted by Gasteiger charge is 2.37. The molecule has 11 heteroatoms. The molecule has 0 spiro atoms. The van der Waals surface area contributed by atoms with Crippen LogP contribution in [0.15, 0.2) is 34.8 Å². The number of H-pyrrole nitrogens is 1. The average Bonchev–Trinajstić information content (AvgIpc) is 3.14. The summed E-state index contributed by atoms with van der Waals surface area (Å²) < 4.78 is 17.9. The highest BCUT2D eigenvalue weighted by Crippen LogP contribution is 2.36. The van der Waals surface area contributed by atoms with E-state index in [1.54, 1.807) is 18.6 Å². The molecule has 0 bridgehead atoms. The number of aromatic amines is 1. The summed E-state index contributed by atoms with van der Waals surface area (Å²) in [6.45, 7) is 13.4. The summed E-state index contributed by atoms with van der Waals surface area (Å²) >= 11 is 0.192. The van der Waals surface area contributed by atoms with E-state index in [4.69, 9.17) is 4.43 Å². The van der Waals surface area contributed by atoms with Crippen LogP contribution >= 0.6 is 11.3 Å². The van der Waals surface area contributed by atoms with E-state index in [1.165, 1.54) is 11.3 Å². The summed E-state index contributed by atoms with van der Waals surface area (Å²) in [6.07, 6.45) is 6.74. The molecule has 0 aromatic carbocycles. The average molecular weight is 477 g/mol. The van der Waals surface area contributed by atoms with E-state index in [9.17, 15) is 4.55 Å². The Balaban J connectivity index is 1.75. The smallest absolute Gasteiger partial charge is 0.343 e. The van der Waals surface area contributed by atoms with Crippen molar-refractivity contribution in [2.45, 2.75) is 57.6 Å². The molecule has 0 saturated heterocycles. The Kier molecular flexibility index (Phi) is 7.11. The van der Waals surface area contributed by atoms with Crippen LogP contribution in [-0.2, 0) is 22.2 Å². The van der Waals surface area contributed by atoms with Gasteiger partial charge < -0.3 is 14.0 Å². The molecule has 1 N–H and O–H groups in total. The normalized spacial score (nSPS) is 14.1. The summed E-state index contributed by atoms with van der Waals surface area (Å²) in [5.74, 6) is 0.509. The van der Waals surface area contributed by atoms with Crippen molar-refractivity contribution < 1.29 is 8.98 Å². The van der Waals surface area contributed by atoms with Crippen LogP contribution < -0.4 is 4.80 Å². The fourth-order valence-electron chi connectivity index (χ4n) is 2.32. The fraction of sp³-hybridized carbons (Fsp3) is 0.450. The molecular formula is C20H28N6O2S2Si.